The fourth-order valence-corrected chi connectivity index (χ4v) is 3.95. The summed E-state index contributed by atoms with van der Waals surface area (Å²) in [6.45, 7) is 1.19. The minimum Gasteiger partial charge on any atom is -0.497 e. The van der Waals surface area contributed by atoms with E-state index in [4.69, 9.17) is 4.74 Å². The standard InChI is InChI=1S/C22H21N3O4/c1-29-17-6-4-15(5-7-17)22(26)16-10-13-24(14-11-16)20-9-8-19-18(3-2-12-23-19)21(20)25(27)28/h2-9,12,16H,10-11,13-14H2,1H3. The fraction of sp³-hybridized carbons (Fsp3) is 0.273. The third kappa shape index (κ3) is 3.63. The molecule has 1 fully saturated rings. The Hall–Kier alpha value is -3.48. The number of piperidine rings is 1. The van der Waals surface area contributed by atoms with E-state index in [2.05, 4.69) is 4.98 Å². The van der Waals surface area contributed by atoms with E-state index in [1.54, 1.807) is 55.8 Å². The molecule has 0 unspecified atom stereocenters. The van der Waals surface area contributed by atoms with Crippen molar-refractivity contribution in [1.29, 1.82) is 0 Å². The molecule has 0 amide bonds. The number of fused-ring (bicyclic) bond motifs is 1. The summed E-state index contributed by atoms with van der Waals surface area (Å²) in [6.07, 6.45) is 2.95. The Balaban J connectivity index is 1.53. The molecule has 0 saturated carbocycles. The lowest BCUT2D eigenvalue weighted by molar-refractivity contribution is -0.382. The molecule has 4 rings (SSSR count). The van der Waals surface area contributed by atoms with Crippen LogP contribution in [-0.2, 0) is 0 Å². The Morgan fingerprint density at radius 3 is 2.52 bits per heavy atom. The third-order valence-electron chi connectivity index (χ3n) is 5.50. The van der Waals surface area contributed by atoms with Crippen LogP contribution in [0.3, 0.4) is 0 Å². The molecule has 0 bridgehead atoms. The Kier molecular flexibility index (Phi) is 5.12. The maximum Gasteiger partial charge on any atom is 0.301 e. The van der Waals surface area contributed by atoms with E-state index in [-0.39, 0.29) is 22.3 Å². The van der Waals surface area contributed by atoms with E-state index in [9.17, 15) is 14.9 Å². The maximum absolute atomic E-state index is 12.8. The number of rotatable bonds is 5. The maximum atomic E-state index is 12.8. The van der Waals surface area contributed by atoms with Gasteiger partial charge in [0.15, 0.2) is 5.78 Å². The number of methoxy groups -OCH3 is 1. The minimum atomic E-state index is -0.339. The summed E-state index contributed by atoms with van der Waals surface area (Å²) in [5.74, 6) is 0.750. The summed E-state index contributed by atoms with van der Waals surface area (Å²) in [5.41, 5.74) is 1.95. The molecule has 7 nitrogen and oxygen atoms in total. The number of pyridine rings is 1. The summed E-state index contributed by atoms with van der Waals surface area (Å²) < 4.78 is 5.14. The molecular formula is C22H21N3O4. The summed E-state index contributed by atoms with van der Waals surface area (Å²) >= 11 is 0. The highest BCUT2D eigenvalue weighted by molar-refractivity contribution is 5.98. The predicted octanol–water partition coefficient (Wildman–Crippen LogP) is 4.25. The molecule has 2 aromatic carbocycles. The molecule has 0 aliphatic carbocycles. The first kappa shape index (κ1) is 18.9. The molecule has 29 heavy (non-hydrogen) atoms. The van der Waals surface area contributed by atoms with Crippen molar-refractivity contribution in [2.75, 3.05) is 25.1 Å². The second-order valence-electron chi connectivity index (χ2n) is 7.11. The lowest BCUT2D eigenvalue weighted by Crippen LogP contribution is -2.36. The highest BCUT2D eigenvalue weighted by Crippen LogP contribution is 2.37. The molecule has 2 heterocycles. The molecule has 1 aliphatic heterocycles. The van der Waals surface area contributed by atoms with E-state index in [0.717, 1.165) is 5.75 Å². The molecule has 0 spiro atoms. The minimum absolute atomic E-state index is 0.0792. The summed E-state index contributed by atoms with van der Waals surface area (Å²) in [7, 11) is 1.59. The van der Waals surface area contributed by atoms with Crippen LogP contribution in [0.4, 0.5) is 11.4 Å². The number of carbonyl (C=O) groups is 1. The molecule has 1 saturated heterocycles. The number of nitro benzene ring substituents is 1. The van der Waals surface area contributed by atoms with Crippen molar-refractivity contribution >= 4 is 28.1 Å². The normalized spacial score (nSPS) is 14.7. The molecule has 7 heteroatoms. The zero-order valence-electron chi connectivity index (χ0n) is 16.1. The predicted molar refractivity (Wildman–Crippen MR) is 111 cm³/mol. The SMILES string of the molecule is COc1ccc(C(=O)C2CCN(c3ccc4ncccc4c3[N+](=O)[O-])CC2)cc1. The van der Waals surface area contributed by atoms with E-state index >= 15 is 0 Å². The second kappa shape index (κ2) is 7.87. The van der Waals surface area contributed by atoms with Crippen molar-refractivity contribution in [3.05, 3.63) is 70.4 Å². The number of ether oxygens (including phenoxy) is 1. The molecule has 0 radical (unpaired) electrons. The van der Waals surface area contributed by atoms with Crippen molar-refractivity contribution in [2.24, 2.45) is 5.92 Å². The number of benzene rings is 2. The molecule has 1 aliphatic rings. The molecule has 1 aromatic heterocycles. The van der Waals surface area contributed by atoms with Crippen LogP contribution in [-0.4, -0.2) is 35.9 Å². The Bertz CT molecular complexity index is 1060. The van der Waals surface area contributed by atoms with Gasteiger partial charge in [0.1, 0.15) is 11.4 Å². The molecular weight excluding hydrogens is 370 g/mol. The number of carbonyl (C=O) groups excluding carboxylic acids is 1. The van der Waals surface area contributed by atoms with Crippen LogP contribution in [0.2, 0.25) is 0 Å². The van der Waals surface area contributed by atoms with Crippen LogP contribution in [0.15, 0.2) is 54.7 Å². The van der Waals surface area contributed by atoms with Gasteiger partial charge in [0, 0.05) is 30.8 Å². The lowest BCUT2D eigenvalue weighted by atomic mass is 9.88. The van der Waals surface area contributed by atoms with Crippen LogP contribution < -0.4 is 9.64 Å². The number of anilines is 1. The van der Waals surface area contributed by atoms with Crippen molar-refractivity contribution in [2.45, 2.75) is 12.8 Å². The van der Waals surface area contributed by atoms with Crippen LogP contribution >= 0.6 is 0 Å². The number of hydrogen-bond acceptors (Lipinski definition) is 6. The molecule has 0 N–H and O–H groups in total. The number of aromatic nitrogens is 1. The second-order valence-corrected chi connectivity index (χ2v) is 7.11. The van der Waals surface area contributed by atoms with Crippen LogP contribution in [0.1, 0.15) is 23.2 Å². The van der Waals surface area contributed by atoms with E-state index in [0.29, 0.717) is 48.1 Å². The zero-order chi connectivity index (χ0) is 20.4. The fourth-order valence-electron chi connectivity index (χ4n) is 3.95. The number of hydrogen-bond donors (Lipinski definition) is 0. The Morgan fingerprint density at radius 2 is 1.86 bits per heavy atom. The van der Waals surface area contributed by atoms with Crippen LogP contribution in [0.5, 0.6) is 5.75 Å². The molecule has 3 aromatic rings. The van der Waals surface area contributed by atoms with Gasteiger partial charge in [0.25, 0.3) is 0 Å². The highest BCUT2D eigenvalue weighted by Gasteiger charge is 2.30. The Morgan fingerprint density at radius 1 is 1.14 bits per heavy atom. The van der Waals surface area contributed by atoms with Crippen molar-refractivity contribution in [3.8, 4) is 5.75 Å². The van der Waals surface area contributed by atoms with Gasteiger partial charge in [-0.2, -0.15) is 0 Å². The third-order valence-corrected chi connectivity index (χ3v) is 5.50. The van der Waals surface area contributed by atoms with Crippen molar-refractivity contribution in [3.63, 3.8) is 0 Å². The number of nitrogens with zero attached hydrogens (tertiary/aromatic N) is 3. The molecule has 148 valence electrons. The highest BCUT2D eigenvalue weighted by atomic mass is 16.6. The lowest BCUT2D eigenvalue weighted by Gasteiger charge is -2.32. The van der Waals surface area contributed by atoms with Gasteiger partial charge in [-0.1, -0.05) is 0 Å². The van der Waals surface area contributed by atoms with Gasteiger partial charge in [0.2, 0.25) is 0 Å². The summed E-state index contributed by atoms with van der Waals surface area (Å²) in [4.78, 5) is 30.5. The number of ketones is 1. The van der Waals surface area contributed by atoms with Crippen LogP contribution in [0.25, 0.3) is 10.9 Å². The van der Waals surface area contributed by atoms with Gasteiger partial charge in [-0.15, -0.1) is 0 Å². The van der Waals surface area contributed by atoms with Crippen molar-refractivity contribution in [1.82, 2.24) is 4.98 Å². The van der Waals surface area contributed by atoms with Gasteiger partial charge < -0.3 is 9.64 Å². The Labute approximate surface area is 168 Å². The van der Waals surface area contributed by atoms with Gasteiger partial charge in [-0.05, 0) is 61.4 Å². The first-order valence-corrected chi connectivity index (χ1v) is 9.54. The first-order valence-electron chi connectivity index (χ1n) is 9.54. The van der Waals surface area contributed by atoms with E-state index < -0.39 is 0 Å². The van der Waals surface area contributed by atoms with Gasteiger partial charge in [0.05, 0.1) is 22.9 Å². The summed E-state index contributed by atoms with van der Waals surface area (Å²) in [6, 6.07) is 14.2. The topological polar surface area (TPSA) is 85.6 Å². The smallest absolute Gasteiger partial charge is 0.301 e. The van der Waals surface area contributed by atoms with E-state index in [1.165, 1.54) is 0 Å². The average Bonchev–Trinajstić information content (AvgIpc) is 2.78. The van der Waals surface area contributed by atoms with Crippen molar-refractivity contribution < 1.29 is 14.5 Å². The van der Waals surface area contributed by atoms with Crippen LogP contribution in [0, 0.1) is 16.0 Å². The summed E-state index contributed by atoms with van der Waals surface area (Å²) in [5, 5.41) is 12.3. The van der Waals surface area contributed by atoms with Gasteiger partial charge >= 0.3 is 5.69 Å². The quantitative estimate of drug-likeness (QED) is 0.367. The monoisotopic (exact) mass is 391 g/mol. The largest absolute Gasteiger partial charge is 0.497 e. The number of Topliss-reactive ketones (excluding diaryl/α,β-unsaturated/α-hetero) is 1. The zero-order valence-corrected chi connectivity index (χ0v) is 16.1. The first-order chi connectivity index (χ1) is 14.1. The van der Waals surface area contributed by atoms with E-state index in [1.807, 2.05) is 11.0 Å². The number of nitro groups is 1. The van der Waals surface area contributed by atoms with Gasteiger partial charge in [-0.25, -0.2) is 0 Å². The average molecular weight is 391 g/mol. The molecule has 0 atom stereocenters. The van der Waals surface area contributed by atoms with Gasteiger partial charge in [-0.3, -0.25) is 19.9 Å².